The van der Waals surface area contributed by atoms with Crippen LogP contribution in [0.5, 0.6) is 5.75 Å². The number of benzene rings is 1. The number of carbonyl (C=O) groups is 2. The number of pyridine rings is 1. The molecule has 3 amide bonds. The number of nitrogens with one attached hydrogen (secondary N) is 2. The summed E-state index contributed by atoms with van der Waals surface area (Å²) < 4.78 is 42.0. The maximum Gasteiger partial charge on any atom is 0.573 e. The molecule has 1 aliphatic heterocycles. The first kappa shape index (κ1) is 22.3. The fourth-order valence-electron chi connectivity index (χ4n) is 3.31. The smallest absolute Gasteiger partial charge is 0.406 e. The summed E-state index contributed by atoms with van der Waals surface area (Å²) in [6.07, 6.45) is -3.04. The van der Waals surface area contributed by atoms with E-state index >= 15 is 0 Å². The van der Waals surface area contributed by atoms with Crippen LogP contribution < -0.4 is 15.4 Å². The summed E-state index contributed by atoms with van der Waals surface area (Å²) in [6.45, 7) is 1.88. The standard InChI is InChI=1S/C20H20F3N7O3/c21-20(22,23)33-15-6-4-14(5-7-15)24-17(31)13-28-9-11-29(12-10-28)19(32)26-18-25-16-3-1-2-8-30(16)27-18/h1-8H,9-13H2,(H,24,31)(H,26,27,32). The van der Waals surface area contributed by atoms with E-state index in [0.29, 0.717) is 37.5 Å². The third-order valence-corrected chi connectivity index (χ3v) is 4.86. The number of piperazine rings is 1. The van der Waals surface area contributed by atoms with E-state index in [0.717, 1.165) is 12.1 Å². The molecule has 33 heavy (non-hydrogen) atoms. The SMILES string of the molecule is O=C(CN1CCN(C(=O)Nc2nc3ccccn3n2)CC1)Nc1ccc(OC(F)(F)F)cc1. The van der Waals surface area contributed by atoms with Gasteiger partial charge in [0.2, 0.25) is 5.91 Å². The number of ether oxygens (including phenoxy) is 1. The van der Waals surface area contributed by atoms with E-state index in [4.69, 9.17) is 0 Å². The van der Waals surface area contributed by atoms with Crippen LogP contribution in [0.2, 0.25) is 0 Å². The van der Waals surface area contributed by atoms with Crippen LogP contribution in [-0.2, 0) is 4.79 Å². The van der Waals surface area contributed by atoms with Gasteiger partial charge in [-0.1, -0.05) is 6.07 Å². The van der Waals surface area contributed by atoms with E-state index in [9.17, 15) is 22.8 Å². The minimum Gasteiger partial charge on any atom is -0.406 e. The average Bonchev–Trinajstić information content (AvgIpc) is 3.17. The van der Waals surface area contributed by atoms with E-state index in [1.807, 2.05) is 11.0 Å². The van der Waals surface area contributed by atoms with Crippen molar-refractivity contribution in [3.63, 3.8) is 0 Å². The van der Waals surface area contributed by atoms with Crippen LogP contribution >= 0.6 is 0 Å². The van der Waals surface area contributed by atoms with Crippen LogP contribution in [0, 0.1) is 0 Å². The van der Waals surface area contributed by atoms with Crippen molar-refractivity contribution in [2.45, 2.75) is 6.36 Å². The maximum atomic E-state index is 12.5. The highest BCUT2D eigenvalue weighted by molar-refractivity contribution is 5.92. The van der Waals surface area contributed by atoms with E-state index in [2.05, 4.69) is 25.5 Å². The first-order valence-corrected chi connectivity index (χ1v) is 10.0. The minimum absolute atomic E-state index is 0.0876. The number of hydrogen-bond donors (Lipinski definition) is 2. The number of anilines is 2. The van der Waals surface area contributed by atoms with Gasteiger partial charge in [-0.2, -0.15) is 4.98 Å². The lowest BCUT2D eigenvalue weighted by molar-refractivity contribution is -0.274. The van der Waals surface area contributed by atoms with Crippen LogP contribution in [-0.4, -0.2) is 75.4 Å². The molecule has 1 saturated heterocycles. The molecule has 0 radical (unpaired) electrons. The highest BCUT2D eigenvalue weighted by Gasteiger charge is 2.31. The van der Waals surface area contributed by atoms with Crippen molar-refractivity contribution in [2.24, 2.45) is 0 Å². The number of halogens is 3. The first-order valence-electron chi connectivity index (χ1n) is 10.0. The van der Waals surface area contributed by atoms with Gasteiger partial charge in [0.05, 0.1) is 6.54 Å². The Morgan fingerprint density at radius 3 is 2.39 bits per heavy atom. The monoisotopic (exact) mass is 463 g/mol. The molecule has 13 heteroatoms. The minimum atomic E-state index is -4.77. The number of aromatic nitrogens is 3. The maximum absolute atomic E-state index is 12.5. The molecule has 3 aromatic rings. The number of rotatable bonds is 5. The number of amides is 3. The molecule has 1 aliphatic rings. The molecule has 0 bridgehead atoms. The van der Waals surface area contributed by atoms with Crippen molar-refractivity contribution in [3.05, 3.63) is 48.7 Å². The van der Waals surface area contributed by atoms with Gasteiger partial charge in [0.1, 0.15) is 5.75 Å². The Balaban J connectivity index is 1.21. The van der Waals surface area contributed by atoms with Gasteiger partial charge in [0.15, 0.2) is 5.65 Å². The number of urea groups is 1. The van der Waals surface area contributed by atoms with Gasteiger partial charge in [-0.15, -0.1) is 18.3 Å². The molecule has 0 saturated carbocycles. The molecule has 0 aliphatic carbocycles. The summed E-state index contributed by atoms with van der Waals surface area (Å²) in [7, 11) is 0. The van der Waals surface area contributed by atoms with E-state index < -0.39 is 6.36 Å². The molecular formula is C20H20F3N7O3. The number of nitrogens with zero attached hydrogens (tertiary/aromatic N) is 5. The Morgan fingerprint density at radius 2 is 1.73 bits per heavy atom. The summed E-state index contributed by atoms with van der Waals surface area (Å²) in [5, 5.41) is 9.49. The highest BCUT2D eigenvalue weighted by Crippen LogP contribution is 2.24. The summed E-state index contributed by atoms with van der Waals surface area (Å²) in [4.78, 5) is 32.5. The number of hydrogen-bond acceptors (Lipinski definition) is 6. The lowest BCUT2D eigenvalue weighted by Gasteiger charge is -2.33. The fraction of sp³-hybridized carbons (Fsp3) is 0.300. The summed E-state index contributed by atoms with van der Waals surface area (Å²) in [5.74, 6) is -0.473. The Hall–Kier alpha value is -3.87. The summed E-state index contributed by atoms with van der Waals surface area (Å²) >= 11 is 0. The van der Waals surface area contributed by atoms with Crippen molar-refractivity contribution >= 4 is 29.2 Å². The molecule has 4 rings (SSSR count). The van der Waals surface area contributed by atoms with Crippen molar-refractivity contribution in [2.75, 3.05) is 43.4 Å². The van der Waals surface area contributed by atoms with E-state index in [1.165, 1.54) is 12.1 Å². The van der Waals surface area contributed by atoms with Crippen LogP contribution in [0.15, 0.2) is 48.7 Å². The molecule has 1 fully saturated rings. The third-order valence-electron chi connectivity index (χ3n) is 4.86. The van der Waals surface area contributed by atoms with Gasteiger partial charge in [-0.3, -0.25) is 15.0 Å². The largest absolute Gasteiger partial charge is 0.573 e. The molecule has 1 aromatic carbocycles. The Morgan fingerprint density at radius 1 is 1.00 bits per heavy atom. The lowest BCUT2D eigenvalue weighted by atomic mass is 10.3. The zero-order chi connectivity index (χ0) is 23.4. The van der Waals surface area contributed by atoms with E-state index in [-0.39, 0.29) is 30.2 Å². The van der Waals surface area contributed by atoms with Gasteiger partial charge in [0.25, 0.3) is 5.95 Å². The van der Waals surface area contributed by atoms with E-state index in [1.54, 1.807) is 27.7 Å². The quantitative estimate of drug-likeness (QED) is 0.602. The number of fused-ring (bicyclic) bond motifs is 1. The van der Waals surface area contributed by atoms with Gasteiger partial charge < -0.3 is 15.0 Å². The van der Waals surface area contributed by atoms with Crippen LogP contribution in [0.1, 0.15) is 0 Å². The fourth-order valence-corrected chi connectivity index (χ4v) is 3.31. The zero-order valence-corrected chi connectivity index (χ0v) is 17.2. The van der Waals surface area contributed by atoms with Gasteiger partial charge in [0, 0.05) is 38.1 Å². The second-order valence-electron chi connectivity index (χ2n) is 7.25. The molecule has 0 unspecified atom stereocenters. The molecule has 2 aromatic heterocycles. The summed E-state index contributed by atoms with van der Waals surface area (Å²) in [6, 6.07) is 9.98. The lowest BCUT2D eigenvalue weighted by Crippen LogP contribution is -2.51. The predicted octanol–water partition coefficient (Wildman–Crippen LogP) is 2.42. The van der Waals surface area contributed by atoms with Crippen molar-refractivity contribution in [1.29, 1.82) is 0 Å². The topological polar surface area (TPSA) is 104 Å². The second-order valence-corrected chi connectivity index (χ2v) is 7.25. The number of carbonyl (C=O) groups excluding carboxylic acids is 2. The Labute approximate surface area is 185 Å². The van der Waals surface area contributed by atoms with Crippen LogP contribution in [0.4, 0.5) is 29.6 Å². The third kappa shape index (κ3) is 6.10. The first-order chi connectivity index (χ1) is 15.7. The zero-order valence-electron chi connectivity index (χ0n) is 17.2. The van der Waals surface area contributed by atoms with Crippen molar-refractivity contribution in [1.82, 2.24) is 24.4 Å². The second kappa shape index (κ2) is 9.32. The predicted molar refractivity (Wildman–Crippen MR) is 112 cm³/mol. The Bertz CT molecular complexity index is 1090. The van der Waals surface area contributed by atoms with Crippen LogP contribution in [0.25, 0.3) is 5.65 Å². The van der Waals surface area contributed by atoms with Gasteiger partial charge >= 0.3 is 12.4 Å². The Kier molecular flexibility index (Phi) is 6.31. The average molecular weight is 463 g/mol. The molecule has 0 spiro atoms. The highest BCUT2D eigenvalue weighted by atomic mass is 19.4. The van der Waals surface area contributed by atoms with Crippen molar-refractivity contribution < 1.29 is 27.5 Å². The molecule has 0 atom stereocenters. The van der Waals surface area contributed by atoms with Crippen LogP contribution in [0.3, 0.4) is 0 Å². The molecule has 174 valence electrons. The summed E-state index contributed by atoms with van der Waals surface area (Å²) in [5.41, 5.74) is 0.971. The normalized spacial score (nSPS) is 14.8. The number of alkyl halides is 3. The molecule has 10 nitrogen and oxygen atoms in total. The van der Waals surface area contributed by atoms with Crippen molar-refractivity contribution in [3.8, 4) is 5.75 Å². The van der Waals surface area contributed by atoms with Gasteiger partial charge in [-0.05, 0) is 36.4 Å². The molecular weight excluding hydrogens is 443 g/mol. The molecule has 3 heterocycles. The molecule has 2 N–H and O–H groups in total. The van der Waals surface area contributed by atoms with Gasteiger partial charge in [-0.25, -0.2) is 9.31 Å².